The number of aryl methyl sites for hydroxylation is 1. The number of rotatable bonds is 4. The van der Waals surface area contributed by atoms with E-state index in [1.807, 2.05) is 67.6 Å². The Labute approximate surface area is 124 Å². The van der Waals surface area contributed by atoms with Crippen molar-refractivity contribution in [3.05, 3.63) is 65.7 Å². The molecule has 0 aromatic heterocycles. The van der Waals surface area contributed by atoms with Crippen molar-refractivity contribution in [2.24, 2.45) is 10.2 Å². The lowest BCUT2D eigenvalue weighted by atomic mass is 9.95. The molecule has 0 fully saturated rings. The van der Waals surface area contributed by atoms with Crippen LogP contribution >= 0.6 is 0 Å². The normalized spacial score (nSPS) is 11.0. The van der Waals surface area contributed by atoms with Gasteiger partial charge in [0.15, 0.2) is 0 Å². The van der Waals surface area contributed by atoms with E-state index in [0.29, 0.717) is 5.69 Å². The van der Waals surface area contributed by atoms with Crippen LogP contribution < -0.4 is 0 Å². The minimum absolute atomic E-state index is 0.218. The van der Waals surface area contributed by atoms with Crippen molar-refractivity contribution in [3.8, 4) is 12.1 Å². The van der Waals surface area contributed by atoms with E-state index < -0.39 is 5.54 Å². The summed E-state index contributed by atoms with van der Waals surface area (Å²) in [6, 6.07) is 20.8. The van der Waals surface area contributed by atoms with Gasteiger partial charge >= 0.3 is 0 Å². The first-order valence-electron chi connectivity index (χ1n) is 6.54. The molecule has 0 aliphatic rings. The predicted octanol–water partition coefficient (Wildman–Crippen LogP) is 4.11. The summed E-state index contributed by atoms with van der Waals surface area (Å²) in [6.45, 7) is 1.91. The summed E-state index contributed by atoms with van der Waals surface area (Å²) < 4.78 is 0. The van der Waals surface area contributed by atoms with Crippen molar-refractivity contribution in [1.82, 2.24) is 0 Å². The fourth-order valence-corrected chi connectivity index (χ4v) is 1.89. The van der Waals surface area contributed by atoms with Crippen molar-refractivity contribution in [2.75, 3.05) is 0 Å². The minimum Gasteiger partial charge on any atom is -0.194 e. The zero-order valence-electron chi connectivity index (χ0n) is 11.7. The highest BCUT2D eigenvalue weighted by molar-refractivity contribution is 5.44. The highest BCUT2D eigenvalue weighted by Crippen LogP contribution is 2.23. The standard InChI is InChI=1S/C17H14N4/c1-14-7-5-6-10-16(14)20-21-17(12-18,13-19)11-15-8-3-2-4-9-15/h2-10H,11H2,1H3. The van der Waals surface area contributed by atoms with Crippen LogP contribution in [0.25, 0.3) is 0 Å². The molecule has 0 unspecified atom stereocenters. The minimum atomic E-state index is -1.50. The molecular formula is C17H14N4. The van der Waals surface area contributed by atoms with Gasteiger partial charge in [0.1, 0.15) is 12.1 Å². The summed E-state index contributed by atoms with van der Waals surface area (Å²) >= 11 is 0. The number of benzene rings is 2. The number of hydrogen-bond acceptors (Lipinski definition) is 4. The van der Waals surface area contributed by atoms with Crippen LogP contribution in [0.4, 0.5) is 5.69 Å². The monoisotopic (exact) mass is 274 g/mol. The molecule has 0 saturated heterocycles. The molecule has 2 aromatic carbocycles. The number of nitrogens with zero attached hydrogens (tertiary/aromatic N) is 4. The molecule has 0 bridgehead atoms. The predicted molar refractivity (Wildman–Crippen MR) is 79.8 cm³/mol. The highest BCUT2D eigenvalue weighted by Gasteiger charge is 2.30. The fourth-order valence-electron chi connectivity index (χ4n) is 1.89. The van der Waals surface area contributed by atoms with E-state index in [1.54, 1.807) is 6.07 Å². The van der Waals surface area contributed by atoms with E-state index in [1.165, 1.54) is 0 Å². The van der Waals surface area contributed by atoms with Crippen molar-refractivity contribution < 1.29 is 0 Å². The van der Waals surface area contributed by atoms with E-state index >= 15 is 0 Å². The lowest BCUT2D eigenvalue weighted by Gasteiger charge is -2.12. The van der Waals surface area contributed by atoms with Gasteiger partial charge in [-0.15, -0.1) is 0 Å². The molecule has 0 amide bonds. The fraction of sp³-hybridized carbons (Fsp3) is 0.176. The van der Waals surface area contributed by atoms with E-state index in [0.717, 1.165) is 11.1 Å². The van der Waals surface area contributed by atoms with Crippen LogP contribution in [0.5, 0.6) is 0 Å². The molecule has 0 N–H and O–H groups in total. The third kappa shape index (κ3) is 3.52. The Bertz CT molecular complexity index is 706. The van der Waals surface area contributed by atoms with Gasteiger partial charge in [-0.05, 0) is 24.1 Å². The quantitative estimate of drug-likeness (QED) is 0.787. The van der Waals surface area contributed by atoms with E-state index in [4.69, 9.17) is 0 Å². The second kappa shape index (κ2) is 6.45. The average molecular weight is 274 g/mol. The Morgan fingerprint density at radius 2 is 1.57 bits per heavy atom. The lowest BCUT2D eigenvalue weighted by Crippen LogP contribution is -2.24. The summed E-state index contributed by atoms with van der Waals surface area (Å²) in [5, 5.41) is 26.8. The van der Waals surface area contributed by atoms with Crippen molar-refractivity contribution >= 4 is 5.69 Å². The van der Waals surface area contributed by atoms with Gasteiger partial charge in [0.25, 0.3) is 5.54 Å². The topological polar surface area (TPSA) is 72.3 Å². The van der Waals surface area contributed by atoms with Crippen LogP contribution in [0.1, 0.15) is 11.1 Å². The third-order valence-electron chi connectivity index (χ3n) is 3.12. The van der Waals surface area contributed by atoms with E-state index in [2.05, 4.69) is 10.2 Å². The van der Waals surface area contributed by atoms with Crippen molar-refractivity contribution in [2.45, 2.75) is 18.9 Å². The largest absolute Gasteiger partial charge is 0.256 e. The van der Waals surface area contributed by atoms with Crippen LogP contribution in [-0.2, 0) is 6.42 Å². The molecule has 4 nitrogen and oxygen atoms in total. The molecule has 0 spiro atoms. The summed E-state index contributed by atoms with van der Waals surface area (Å²) in [6.07, 6.45) is 0.218. The Hall–Kier alpha value is -2.98. The molecule has 2 rings (SSSR count). The molecular weight excluding hydrogens is 260 g/mol. The maximum Gasteiger partial charge on any atom is 0.256 e. The number of azo groups is 1. The third-order valence-corrected chi connectivity index (χ3v) is 3.12. The first-order valence-corrected chi connectivity index (χ1v) is 6.54. The maximum atomic E-state index is 9.36. The molecule has 0 radical (unpaired) electrons. The molecule has 2 aromatic rings. The second-order valence-electron chi connectivity index (χ2n) is 4.73. The van der Waals surface area contributed by atoms with Crippen molar-refractivity contribution in [3.63, 3.8) is 0 Å². The van der Waals surface area contributed by atoms with Gasteiger partial charge in [0.2, 0.25) is 0 Å². The van der Waals surface area contributed by atoms with Crippen LogP contribution in [0.3, 0.4) is 0 Å². The van der Waals surface area contributed by atoms with E-state index in [9.17, 15) is 10.5 Å². The average Bonchev–Trinajstić information content (AvgIpc) is 2.54. The maximum absolute atomic E-state index is 9.36. The highest BCUT2D eigenvalue weighted by atomic mass is 15.2. The second-order valence-corrected chi connectivity index (χ2v) is 4.73. The number of nitriles is 2. The zero-order chi connectivity index (χ0) is 15.1. The van der Waals surface area contributed by atoms with Gasteiger partial charge in [0, 0.05) is 6.42 Å². The Morgan fingerprint density at radius 3 is 2.19 bits per heavy atom. The molecule has 4 heteroatoms. The Morgan fingerprint density at radius 1 is 0.952 bits per heavy atom. The van der Waals surface area contributed by atoms with Crippen LogP contribution in [0.2, 0.25) is 0 Å². The van der Waals surface area contributed by atoms with Crippen molar-refractivity contribution in [1.29, 1.82) is 10.5 Å². The van der Waals surface area contributed by atoms with Gasteiger partial charge < -0.3 is 0 Å². The van der Waals surface area contributed by atoms with E-state index in [-0.39, 0.29) is 6.42 Å². The molecule has 0 heterocycles. The molecule has 0 saturated carbocycles. The molecule has 0 aliphatic heterocycles. The van der Waals surface area contributed by atoms with Crippen LogP contribution in [0, 0.1) is 29.6 Å². The first-order chi connectivity index (χ1) is 10.2. The summed E-state index contributed by atoms with van der Waals surface area (Å²) in [5.41, 5.74) is 0.999. The van der Waals surface area contributed by atoms with Gasteiger partial charge in [-0.3, -0.25) is 0 Å². The van der Waals surface area contributed by atoms with Gasteiger partial charge in [-0.2, -0.15) is 20.8 Å². The van der Waals surface area contributed by atoms with Gasteiger partial charge in [-0.25, -0.2) is 0 Å². The summed E-state index contributed by atoms with van der Waals surface area (Å²) in [7, 11) is 0. The molecule has 0 aliphatic carbocycles. The first kappa shape index (κ1) is 14.4. The Balaban J connectivity index is 2.30. The van der Waals surface area contributed by atoms with Gasteiger partial charge in [-0.1, -0.05) is 48.5 Å². The summed E-state index contributed by atoms with van der Waals surface area (Å²) in [5.74, 6) is 0. The smallest absolute Gasteiger partial charge is 0.194 e. The van der Waals surface area contributed by atoms with Gasteiger partial charge in [0.05, 0.1) is 5.69 Å². The SMILES string of the molecule is Cc1ccccc1N=NC(C#N)(C#N)Cc1ccccc1. The zero-order valence-corrected chi connectivity index (χ0v) is 11.7. The summed E-state index contributed by atoms with van der Waals surface area (Å²) in [4.78, 5) is 0. The molecule has 102 valence electrons. The van der Waals surface area contributed by atoms with Crippen LogP contribution in [0.15, 0.2) is 64.8 Å². The molecule has 21 heavy (non-hydrogen) atoms. The lowest BCUT2D eigenvalue weighted by molar-refractivity contribution is 0.645. The molecule has 0 atom stereocenters. The Kier molecular flexibility index (Phi) is 4.43. The number of hydrogen-bond donors (Lipinski definition) is 0. The van der Waals surface area contributed by atoms with Crippen LogP contribution in [-0.4, -0.2) is 5.54 Å².